The minimum Gasteiger partial charge on any atom is -0.415 e. The van der Waals surface area contributed by atoms with E-state index in [-0.39, 0.29) is 12.2 Å². The van der Waals surface area contributed by atoms with Crippen molar-refractivity contribution in [3.05, 3.63) is 46.0 Å². The average molecular weight is 261 g/mol. The van der Waals surface area contributed by atoms with Crippen molar-refractivity contribution in [1.29, 1.82) is 0 Å². The Bertz CT molecular complexity index is 608. The molecule has 19 heavy (non-hydrogen) atoms. The Morgan fingerprint density at radius 1 is 1.37 bits per heavy atom. The molecule has 0 bridgehead atoms. The Hall–Kier alpha value is -3.01. The number of esters is 1. The van der Waals surface area contributed by atoms with E-state index < -0.39 is 22.2 Å². The quantitative estimate of drug-likeness (QED) is 0.196. The summed E-state index contributed by atoms with van der Waals surface area (Å²) in [4.78, 5) is 42.0. The van der Waals surface area contributed by atoms with Crippen molar-refractivity contribution < 1.29 is 24.0 Å². The van der Waals surface area contributed by atoms with Crippen LogP contribution in [0, 0.1) is 10.1 Å². The summed E-state index contributed by atoms with van der Waals surface area (Å²) >= 11 is 0. The zero-order valence-corrected chi connectivity index (χ0v) is 9.49. The van der Waals surface area contributed by atoms with Crippen LogP contribution < -0.4 is 4.74 Å². The molecule has 0 N–H and O–H groups in total. The molecule has 96 valence electrons. The molecule has 0 spiro atoms. The standard InChI is InChI=1S/C12H7NO6/c14-7-3-4-9(8-15)12(16)19-11-6-2-1-5-10(11)13(17)18/h1-3,5-6H,4H2. The van der Waals surface area contributed by atoms with Crippen molar-refractivity contribution in [2.75, 3.05) is 0 Å². The summed E-state index contributed by atoms with van der Waals surface area (Å²) in [7, 11) is 0. The van der Waals surface area contributed by atoms with Gasteiger partial charge in [-0.2, -0.15) is 0 Å². The van der Waals surface area contributed by atoms with E-state index in [4.69, 9.17) is 4.74 Å². The van der Waals surface area contributed by atoms with E-state index in [0.29, 0.717) is 0 Å². The molecule has 7 nitrogen and oxygen atoms in total. The van der Waals surface area contributed by atoms with Crippen molar-refractivity contribution in [3.63, 3.8) is 0 Å². The van der Waals surface area contributed by atoms with Gasteiger partial charge in [-0.1, -0.05) is 12.1 Å². The van der Waals surface area contributed by atoms with Crippen LogP contribution in [0.2, 0.25) is 0 Å². The van der Waals surface area contributed by atoms with Gasteiger partial charge in [-0.05, 0) is 6.07 Å². The first kappa shape index (κ1) is 14.1. The third-order valence-electron chi connectivity index (χ3n) is 2.02. The fraction of sp³-hybridized carbons (Fsp3) is 0.0833. The molecular weight excluding hydrogens is 254 g/mol. The van der Waals surface area contributed by atoms with Crippen LogP contribution in [0.25, 0.3) is 0 Å². The summed E-state index contributed by atoms with van der Waals surface area (Å²) < 4.78 is 4.73. The van der Waals surface area contributed by atoms with Gasteiger partial charge >= 0.3 is 11.7 Å². The minimum absolute atomic E-state index is 0.291. The molecule has 0 unspecified atom stereocenters. The van der Waals surface area contributed by atoms with Crippen molar-refractivity contribution in [1.82, 2.24) is 0 Å². The number of nitro groups is 1. The maximum atomic E-state index is 11.5. The van der Waals surface area contributed by atoms with Crippen LogP contribution in [0.3, 0.4) is 0 Å². The summed E-state index contributed by atoms with van der Waals surface area (Å²) in [6, 6.07) is 5.21. The lowest BCUT2D eigenvalue weighted by atomic mass is 10.2. The molecule has 1 aromatic rings. The number of carbonyl (C=O) groups excluding carboxylic acids is 3. The number of nitro benzene ring substituents is 1. The number of rotatable bonds is 5. The lowest BCUT2D eigenvalue weighted by Crippen LogP contribution is -2.12. The van der Waals surface area contributed by atoms with Crippen molar-refractivity contribution >= 4 is 23.5 Å². The third kappa shape index (κ3) is 3.74. The fourth-order valence-electron chi connectivity index (χ4n) is 1.17. The Balaban J connectivity index is 2.96. The lowest BCUT2D eigenvalue weighted by Gasteiger charge is -2.03. The SMILES string of the molecule is O=C=CCC(=C=O)C(=O)Oc1ccccc1[N+](=O)[O-]. The van der Waals surface area contributed by atoms with Gasteiger partial charge in [0.05, 0.1) is 4.92 Å². The summed E-state index contributed by atoms with van der Waals surface area (Å²) in [5.41, 5.74) is -0.867. The van der Waals surface area contributed by atoms with Gasteiger partial charge in [0.15, 0.2) is 0 Å². The molecule has 0 radical (unpaired) electrons. The highest BCUT2D eigenvalue weighted by atomic mass is 16.6. The number of hydrogen-bond donors (Lipinski definition) is 0. The summed E-state index contributed by atoms with van der Waals surface area (Å²) in [6.45, 7) is 0. The molecule has 0 aliphatic carbocycles. The Labute approximate surface area is 106 Å². The second kappa shape index (κ2) is 6.66. The first-order valence-electron chi connectivity index (χ1n) is 4.99. The van der Waals surface area contributed by atoms with E-state index in [1.54, 1.807) is 0 Å². The maximum absolute atomic E-state index is 11.5. The molecule has 0 atom stereocenters. The first-order valence-corrected chi connectivity index (χ1v) is 4.99. The summed E-state index contributed by atoms with van der Waals surface area (Å²) in [5.74, 6) is 1.32. The molecule has 0 fully saturated rings. The van der Waals surface area contributed by atoms with Gasteiger partial charge in [0.25, 0.3) is 0 Å². The molecule has 0 aliphatic rings. The third-order valence-corrected chi connectivity index (χ3v) is 2.02. The van der Waals surface area contributed by atoms with E-state index in [9.17, 15) is 24.5 Å². The zero-order valence-electron chi connectivity index (χ0n) is 9.49. The molecule has 0 saturated heterocycles. The Kier molecular flexibility index (Phi) is 4.93. The molecule has 0 heterocycles. The molecule has 1 aromatic carbocycles. The number of carbonyl (C=O) groups is 1. The van der Waals surface area contributed by atoms with Gasteiger partial charge in [0.2, 0.25) is 5.75 Å². The first-order chi connectivity index (χ1) is 9.10. The van der Waals surface area contributed by atoms with Gasteiger partial charge in [-0.15, -0.1) is 0 Å². The predicted octanol–water partition coefficient (Wildman–Crippen LogP) is 1.04. The number of ether oxygens (including phenoxy) is 1. The van der Waals surface area contributed by atoms with Gasteiger partial charge in [0, 0.05) is 18.6 Å². The fourth-order valence-corrected chi connectivity index (χ4v) is 1.17. The predicted molar refractivity (Wildman–Crippen MR) is 62.8 cm³/mol. The number of nitrogens with zero attached hydrogens (tertiary/aromatic N) is 1. The second-order valence-electron chi connectivity index (χ2n) is 3.22. The van der Waals surface area contributed by atoms with Crippen LogP contribution in [0.15, 0.2) is 35.9 Å². The maximum Gasteiger partial charge on any atom is 0.351 e. The van der Waals surface area contributed by atoms with Crippen LogP contribution in [0.5, 0.6) is 5.75 Å². The van der Waals surface area contributed by atoms with Crippen LogP contribution >= 0.6 is 0 Å². The highest BCUT2D eigenvalue weighted by Gasteiger charge is 2.19. The normalized spacial score (nSPS) is 8.84. The summed E-state index contributed by atoms with van der Waals surface area (Å²) in [6.07, 6.45) is 0.605. The van der Waals surface area contributed by atoms with Crippen molar-refractivity contribution in [3.8, 4) is 5.75 Å². The average Bonchev–Trinajstić information content (AvgIpc) is 2.40. The highest BCUT2D eigenvalue weighted by Crippen LogP contribution is 2.26. The molecule has 0 saturated carbocycles. The van der Waals surface area contributed by atoms with E-state index in [1.807, 2.05) is 0 Å². The highest BCUT2D eigenvalue weighted by molar-refractivity contribution is 5.98. The van der Waals surface area contributed by atoms with Crippen LogP contribution in [-0.2, 0) is 14.4 Å². The number of benzene rings is 1. The van der Waals surface area contributed by atoms with Crippen LogP contribution in [0.4, 0.5) is 5.69 Å². The van der Waals surface area contributed by atoms with Gasteiger partial charge in [0.1, 0.15) is 17.5 Å². The summed E-state index contributed by atoms with van der Waals surface area (Å²) in [5, 5.41) is 10.7. The topological polar surface area (TPSA) is 104 Å². The minimum atomic E-state index is -1.10. The molecule has 0 aliphatic heterocycles. The Morgan fingerprint density at radius 2 is 2.05 bits per heavy atom. The van der Waals surface area contributed by atoms with E-state index in [2.05, 4.69) is 0 Å². The van der Waals surface area contributed by atoms with Gasteiger partial charge in [-0.3, -0.25) is 10.1 Å². The van der Waals surface area contributed by atoms with E-state index in [1.165, 1.54) is 30.1 Å². The molecule has 7 heteroatoms. The monoisotopic (exact) mass is 261 g/mol. The number of hydrogen-bond acceptors (Lipinski definition) is 6. The zero-order chi connectivity index (χ0) is 14.3. The largest absolute Gasteiger partial charge is 0.415 e. The van der Waals surface area contributed by atoms with Crippen LogP contribution in [0.1, 0.15) is 6.42 Å². The van der Waals surface area contributed by atoms with Crippen molar-refractivity contribution in [2.24, 2.45) is 0 Å². The van der Waals surface area contributed by atoms with E-state index >= 15 is 0 Å². The number of para-hydroxylation sites is 2. The smallest absolute Gasteiger partial charge is 0.351 e. The van der Waals surface area contributed by atoms with E-state index in [0.717, 1.165) is 12.1 Å². The van der Waals surface area contributed by atoms with Gasteiger partial charge in [-0.25, -0.2) is 14.4 Å². The molecule has 0 aromatic heterocycles. The van der Waals surface area contributed by atoms with Crippen LogP contribution in [-0.4, -0.2) is 22.8 Å². The second-order valence-corrected chi connectivity index (χ2v) is 3.22. The Morgan fingerprint density at radius 3 is 2.63 bits per heavy atom. The van der Waals surface area contributed by atoms with Crippen molar-refractivity contribution in [2.45, 2.75) is 6.42 Å². The molecule has 1 rings (SSSR count). The number of allylic oxidation sites excluding steroid dienone is 1. The lowest BCUT2D eigenvalue weighted by molar-refractivity contribution is -0.385. The molecule has 0 amide bonds. The van der Waals surface area contributed by atoms with Gasteiger partial charge < -0.3 is 4.74 Å². The molecular formula is C12H7NO6.